The van der Waals surface area contributed by atoms with E-state index in [0.717, 1.165) is 37.1 Å². The largest absolute Gasteiger partial charge is 0.319 e. The van der Waals surface area contributed by atoms with E-state index in [1.54, 1.807) is 0 Å². The summed E-state index contributed by atoms with van der Waals surface area (Å²) >= 11 is 0. The van der Waals surface area contributed by atoms with Gasteiger partial charge in [0, 0.05) is 12.7 Å². The molecule has 1 fully saturated rings. The lowest BCUT2D eigenvalue weighted by Crippen LogP contribution is -2.51. The second-order valence-corrected chi connectivity index (χ2v) is 6.06. The third-order valence-corrected chi connectivity index (χ3v) is 4.32. The Morgan fingerprint density at radius 3 is 2.95 bits per heavy atom. The van der Waals surface area contributed by atoms with E-state index in [0.29, 0.717) is 12.3 Å². The second-order valence-electron chi connectivity index (χ2n) is 6.06. The van der Waals surface area contributed by atoms with Gasteiger partial charge < -0.3 is 5.73 Å². The molecule has 0 aliphatic heterocycles. The molecule has 4 nitrogen and oxygen atoms in total. The molecule has 2 rings (SSSR count). The van der Waals surface area contributed by atoms with Crippen molar-refractivity contribution in [3.63, 3.8) is 0 Å². The number of hydrogen-bond acceptors (Lipinski definition) is 3. The molecule has 19 heavy (non-hydrogen) atoms. The molecule has 1 aliphatic rings. The van der Waals surface area contributed by atoms with Gasteiger partial charge in [-0.3, -0.25) is 9.48 Å². The van der Waals surface area contributed by atoms with Gasteiger partial charge in [-0.15, -0.1) is 0 Å². The zero-order chi connectivity index (χ0) is 14.0. The van der Waals surface area contributed by atoms with Crippen LogP contribution in [0.2, 0.25) is 0 Å². The summed E-state index contributed by atoms with van der Waals surface area (Å²) in [5.74, 6) is 0.727. The Kier molecular flexibility index (Phi) is 4.09. The van der Waals surface area contributed by atoms with Crippen molar-refractivity contribution in [2.24, 2.45) is 18.7 Å². The van der Waals surface area contributed by atoms with Gasteiger partial charge in [-0.25, -0.2) is 0 Å². The van der Waals surface area contributed by atoms with Crippen LogP contribution in [-0.2, 0) is 24.7 Å². The fourth-order valence-electron chi connectivity index (χ4n) is 3.10. The van der Waals surface area contributed by atoms with E-state index in [4.69, 9.17) is 5.73 Å². The Morgan fingerprint density at radius 1 is 1.63 bits per heavy atom. The van der Waals surface area contributed by atoms with Crippen LogP contribution in [0.1, 0.15) is 50.9 Å². The monoisotopic (exact) mass is 263 g/mol. The third kappa shape index (κ3) is 3.06. The first kappa shape index (κ1) is 14.3. The van der Waals surface area contributed by atoms with Gasteiger partial charge in [0.25, 0.3) is 0 Å². The first-order chi connectivity index (χ1) is 8.94. The summed E-state index contributed by atoms with van der Waals surface area (Å²) in [6, 6.07) is 2.02. The van der Waals surface area contributed by atoms with Crippen LogP contribution in [0, 0.1) is 5.92 Å². The van der Waals surface area contributed by atoms with Gasteiger partial charge in [-0.05, 0) is 31.2 Å². The van der Waals surface area contributed by atoms with Gasteiger partial charge in [-0.2, -0.15) is 5.10 Å². The van der Waals surface area contributed by atoms with Gasteiger partial charge in [0.15, 0.2) is 5.78 Å². The van der Waals surface area contributed by atoms with Crippen molar-refractivity contribution in [1.82, 2.24) is 9.78 Å². The molecule has 1 aliphatic carbocycles. The van der Waals surface area contributed by atoms with Crippen molar-refractivity contribution in [2.45, 2.75) is 57.9 Å². The molecule has 1 aromatic rings. The standard InChI is InChI=1S/C15H25N3O/c1-4-12-8-13(18(3)17-12)9-14(19)15(16)7-5-6-11(2)10-15/h8,11H,4-7,9-10,16H2,1-3H3. The second kappa shape index (κ2) is 5.45. The molecule has 0 radical (unpaired) electrons. The number of carbonyl (C=O) groups is 1. The number of nitrogens with two attached hydrogens (primary N) is 1. The molecule has 0 spiro atoms. The maximum atomic E-state index is 12.5. The molecule has 1 heterocycles. The van der Waals surface area contributed by atoms with Crippen LogP contribution in [0.4, 0.5) is 0 Å². The number of Topliss-reactive ketones (excluding diaryl/α,β-unsaturated/α-hetero) is 1. The molecular formula is C15H25N3O. The first-order valence-corrected chi connectivity index (χ1v) is 7.28. The molecule has 0 bridgehead atoms. The van der Waals surface area contributed by atoms with Crippen molar-refractivity contribution in [3.05, 3.63) is 17.5 Å². The van der Waals surface area contributed by atoms with E-state index in [1.165, 1.54) is 6.42 Å². The fourth-order valence-corrected chi connectivity index (χ4v) is 3.10. The van der Waals surface area contributed by atoms with Crippen LogP contribution < -0.4 is 5.73 Å². The maximum absolute atomic E-state index is 12.5. The van der Waals surface area contributed by atoms with Crippen LogP contribution in [0.15, 0.2) is 6.07 Å². The molecule has 0 aromatic carbocycles. The molecule has 1 saturated carbocycles. The average molecular weight is 263 g/mol. The van der Waals surface area contributed by atoms with E-state index in [9.17, 15) is 4.79 Å². The topological polar surface area (TPSA) is 60.9 Å². The minimum atomic E-state index is -0.617. The summed E-state index contributed by atoms with van der Waals surface area (Å²) in [6.07, 6.45) is 5.21. The molecule has 0 amide bonds. The Morgan fingerprint density at radius 2 is 2.37 bits per heavy atom. The van der Waals surface area contributed by atoms with E-state index in [-0.39, 0.29) is 5.78 Å². The van der Waals surface area contributed by atoms with E-state index in [1.807, 2.05) is 17.8 Å². The molecule has 0 saturated heterocycles. The molecule has 2 N–H and O–H groups in total. The zero-order valence-electron chi connectivity index (χ0n) is 12.3. The Bertz CT molecular complexity index is 466. The molecule has 106 valence electrons. The summed E-state index contributed by atoms with van der Waals surface area (Å²) in [7, 11) is 1.90. The van der Waals surface area contributed by atoms with Crippen LogP contribution in [0.25, 0.3) is 0 Å². The van der Waals surface area contributed by atoms with Gasteiger partial charge in [0.05, 0.1) is 17.7 Å². The van der Waals surface area contributed by atoms with Crippen LogP contribution >= 0.6 is 0 Å². The highest BCUT2D eigenvalue weighted by Crippen LogP contribution is 2.31. The van der Waals surface area contributed by atoms with Gasteiger partial charge in [-0.1, -0.05) is 26.7 Å². The van der Waals surface area contributed by atoms with Crippen molar-refractivity contribution < 1.29 is 4.79 Å². The van der Waals surface area contributed by atoms with Crippen LogP contribution in [0.3, 0.4) is 0 Å². The predicted octanol–water partition coefficient (Wildman–Crippen LogP) is 2.00. The lowest BCUT2D eigenvalue weighted by molar-refractivity contribution is -0.125. The average Bonchev–Trinajstić information content (AvgIpc) is 2.70. The third-order valence-electron chi connectivity index (χ3n) is 4.32. The predicted molar refractivity (Wildman–Crippen MR) is 75.8 cm³/mol. The minimum absolute atomic E-state index is 0.171. The van der Waals surface area contributed by atoms with E-state index >= 15 is 0 Å². The number of ketones is 1. The molecular weight excluding hydrogens is 238 g/mol. The Labute approximate surface area is 115 Å². The van der Waals surface area contributed by atoms with Crippen molar-refractivity contribution in [3.8, 4) is 0 Å². The number of hydrogen-bond donors (Lipinski definition) is 1. The summed E-state index contributed by atoms with van der Waals surface area (Å²) in [6.45, 7) is 4.26. The number of rotatable bonds is 4. The number of carbonyl (C=O) groups excluding carboxylic acids is 1. The fraction of sp³-hybridized carbons (Fsp3) is 0.733. The quantitative estimate of drug-likeness (QED) is 0.904. The number of nitrogens with zero attached hydrogens (tertiary/aromatic N) is 2. The SMILES string of the molecule is CCc1cc(CC(=O)C2(N)CCCC(C)C2)n(C)n1. The number of aromatic nitrogens is 2. The highest BCUT2D eigenvalue weighted by Gasteiger charge is 2.37. The van der Waals surface area contributed by atoms with Gasteiger partial charge in [0.1, 0.15) is 0 Å². The van der Waals surface area contributed by atoms with Crippen LogP contribution in [-0.4, -0.2) is 21.1 Å². The molecule has 2 unspecified atom stereocenters. The highest BCUT2D eigenvalue weighted by molar-refractivity contribution is 5.89. The van der Waals surface area contributed by atoms with Gasteiger partial charge >= 0.3 is 0 Å². The first-order valence-electron chi connectivity index (χ1n) is 7.28. The van der Waals surface area contributed by atoms with Crippen LogP contribution in [0.5, 0.6) is 0 Å². The Hall–Kier alpha value is -1.16. The summed E-state index contributed by atoms with van der Waals surface area (Å²) in [5.41, 5.74) is 7.75. The maximum Gasteiger partial charge on any atom is 0.158 e. The molecule has 4 heteroatoms. The smallest absolute Gasteiger partial charge is 0.158 e. The lowest BCUT2D eigenvalue weighted by Gasteiger charge is -2.35. The van der Waals surface area contributed by atoms with Gasteiger partial charge in [0.2, 0.25) is 0 Å². The van der Waals surface area contributed by atoms with E-state index < -0.39 is 5.54 Å². The molecule has 1 aromatic heterocycles. The van der Waals surface area contributed by atoms with Crippen molar-refractivity contribution in [2.75, 3.05) is 0 Å². The minimum Gasteiger partial charge on any atom is -0.319 e. The lowest BCUT2D eigenvalue weighted by atomic mass is 9.74. The van der Waals surface area contributed by atoms with Crippen molar-refractivity contribution in [1.29, 1.82) is 0 Å². The molecule has 2 atom stereocenters. The normalized spacial score (nSPS) is 27.5. The van der Waals surface area contributed by atoms with Crippen molar-refractivity contribution >= 4 is 5.78 Å². The Balaban J connectivity index is 2.09. The number of aryl methyl sites for hydroxylation is 2. The van der Waals surface area contributed by atoms with E-state index in [2.05, 4.69) is 18.9 Å². The highest BCUT2D eigenvalue weighted by atomic mass is 16.1. The summed E-state index contributed by atoms with van der Waals surface area (Å²) in [5, 5.41) is 4.39. The zero-order valence-corrected chi connectivity index (χ0v) is 12.3. The summed E-state index contributed by atoms with van der Waals surface area (Å²) in [4.78, 5) is 12.5. The summed E-state index contributed by atoms with van der Waals surface area (Å²) < 4.78 is 1.81.